The Morgan fingerprint density at radius 2 is 2.25 bits per heavy atom. The van der Waals surface area contributed by atoms with E-state index in [9.17, 15) is 4.79 Å². The third kappa shape index (κ3) is 1.46. The van der Waals surface area contributed by atoms with E-state index in [1.807, 2.05) is 0 Å². The highest BCUT2D eigenvalue weighted by Gasteiger charge is 2.40. The average Bonchev–Trinajstić information content (AvgIpc) is 2.60. The van der Waals surface area contributed by atoms with Gasteiger partial charge in [-0.25, -0.2) is 0 Å². The first-order valence-corrected chi connectivity index (χ1v) is 4.65. The summed E-state index contributed by atoms with van der Waals surface area (Å²) in [4.78, 5) is 10.5. The van der Waals surface area contributed by atoms with Crippen LogP contribution < -0.4 is 5.73 Å². The Labute approximate surface area is 72.3 Å². The van der Waals surface area contributed by atoms with Gasteiger partial charge in [0, 0.05) is 0 Å². The molecule has 2 saturated carbocycles. The van der Waals surface area contributed by atoms with Gasteiger partial charge in [0.2, 0.25) is 5.91 Å². The van der Waals surface area contributed by atoms with Crippen molar-refractivity contribution in [1.82, 2.24) is 0 Å². The number of amides is 1. The molecule has 2 N–H and O–H groups in total. The molecule has 0 aliphatic heterocycles. The molecule has 2 bridgehead atoms. The third-order valence-electron chi connectivity index (χ3n) is 3.11. The van der Waals surface area contributed by atoms with Crippen molar-refractivity contribution in [2.45, 2.75) is 31.8 Å². The molecule has 2 rings (SSSR count). The van der Waals surface area contributed by atoms with Crippen LogP contribution in [0.15, 0.2) is 0 Å². The molecule has 0 heterocycles. The molecule has 3 atom stereocenters. The van der Waals surface area contributed by atoms with E-state index in [2.05, 4.69) is 0 Å². The fraction of sp³-hybridized carbons (Fsp3) is 0.889. The third-order valence-corrected chi connectivity index (χ3v) is 3.11. The number of ether oxygens (including phenoxy) is 1. The number of carbonyl (C=O) groups is 1. The van der Waals surface area contributed by atoms with Gasteiger partial charge in [-0.15, -0.1) is 0 Å². The molecule has 0 aromatic heterocycles. The minimum atomic E-state index is -0.349. The van der Waals surface area contributed by atoms with E-state index in [4.69, 9.17) is 10.5 Å². The molecular weight excluding hydrogens is 154 g/mol. The van der Waals surface area contributed by atoms with Crippen LogP contribution in [0.2, 0.25) is 0 Å². The number of hydrogen-bond acceptors (Lipinski definition) is 2. The lowest BCUT2D eigenvalue weighted by Crippen LogP contribution is -2.26. The first-order chi connectivity index (χ1) is 5.75. The predicted octanol–water partition coefficient (Wildman–Crippen LogP) is 0.677. The zero-order valence-electron chi connectivity index (χ0n) is 7.16. The summed E-state index contributed by atoms with van der Waals surface area (Å²) in [5, 5.41) is 0. The van der Waals surface area contributed by atoms with Gasteiger partial charge in [0.1, 0.15) is 6.61 Å². The first kappa shape index (κ1) is 8.05. The summed E-state index contributed by atoms with van der Waals surface area (Å²) in [7, 11) is 0. The molecule has 1 amide bonds. The van der Waals surface area contributed by atoms with Gasteiger partial charge in [-0.3, -0.25) is 4.79 Å². The summed E-state index contributed by atoms with van der Waals surface area (Å²) in [6.07, 6.45) is 5.44. The lowest BCUT2D eigenvalue weighted by Gasteiger charge is -2.21. The second-order valence-electron chi connectivity index (χ2n) is 3.99. The Hall–Kier alpha value is -0.570. The molecule has 12 heavy (non-hydrogen) atoms. The fourth-order valence-corrected chi connectivity index (χ4v) is 2.58. The maximum atomic E-state index is 10.5. The Morgan fingerprint density at radius 1 is 1.42 bits per heavy atom. The summed E-state index contributed by atoms with van der Waals surface area (Å²) in [5.74, 6) is 1.24. The SMILES string of the molecule is NC(=O)COC1CC2CCC1C2. The van der Waals surface area contributed by atoms with E-state index in [0.717, 1.165) is 12.3 Å². The van der Waals surface area contributed by atoms with Crippen molar-refractivity contribution in [3.63, 3.8) is 0 Å². The molecule has 2 fully saturated rings. The zero-order valence-corrected chi connectivity index (χ0v) is 7.16. The van der Waals surface area contributed by atoms with E-state index in [1.54, 1.807) is 0 Å². The van der Waals surface area contributed by atoms with Crippen LogP contribution in [0.4, 0.5) is 0 Å². The van der Waals surface area contributed by atoms with Crippen molar-refractivity contribution in [3.05, 3.63) is 0 Å². The number of nitrogens with two attached hydrogens (primary N) is 1. The van der Waals surface area contributed by atoms with Gasteiger partial charge in [0.05, 0.1) is 6.10 Å². The van der Waals surface area contributed by atoms with Crippen LogP contribution in [0.3, 0.4) is 0 Å². The Morgan fingerprint density at radius 3 is 2.75 bits per heavy atom. The minimum absolute atomic E-state index is 0.105. The van der Waals surface area contributed by atoms with E-state index >= 15 is 0 Å². The van der Waals surface area contributed by atoms with E-state index in [-0.39, 0.29) is 12.5 Å². The molecule has 2 aliphatic rings. The molecule has 0 saturated heterocycles. The van der Waals surface area contributed by atoms with Crippen molar-refractivity contribution in [1.29, 1.82) is 0 Å². The Bertz CT molecular complexity index is 193. The highest BCUT2D eigenvalue weighted by Crippen LogP contribution is 2.45. The summed E-state index contributed by atoms with van der Waals surface area (Å²) < 4.78 is 5.42. The number of fused-ring (bicyclic) bond motifs is 2. The van der Waals surface area contributed by atoms with Crippen LogP contribution in [0, 0.1) is 11.8 Å². The summed E-state index contributed by atoms with van der Waals surface area (Å²) in [6, 6.07) is 0. The van der Waals surface area contributed by atoms with Gasteiger partial charge >= 0.3 is 0 Å². The standard InChI is InChI=1S/C9H15NO2/c10-9(11)5-12-8-4-6-1-2-7(8)3-6/h6-8H,1-5H2,(H2,10,11). The van der Waals surface area contributed by atoms with Gasteiger partial charge in [0.25, 0.3) is 0 Å². The lowest BCUT2D eigenvalue weighted by atomic mass is 9.98. The van der Waals surface area contributed by atoms with E-state index < -0.39 is 0 Å². The van der Waals surface area contributed by atoms with Gasteiger partial charge in [-0.05, 0) is 37.5 Å². The monoisotopic (exact) mass is 169 g/mol. The Kier molecular flexibility index (Phi) is 2.05. The topological polar surface area (TPSA) is 52.3 Å². The van der Waals surface area contributed by atoms with Crippen molar-refractivity contribution >= 4 is 5.91 Å². The molecule has 0 aromatic carbocycles. The van der Waals surface area contributed by atoms with Crippen LogP contribution in [0.5, 0.6) is 0 Å². The summed E-state index contributed by atoms with van der Waals surface area (Å²) in [6.45, 7) is 0.105. The highest BCUT2D eigenvalue weighted by atomic mass is 16.5. The first-order valence-electron chi connectivity index (χ1n) is 4.65. The number of rotatable bonds is 3. The molecule has 68 valence electrons. The van der Waals surface area contributed by atoms with Gasteiger partial charge in [-0.2, -0.15) is 0 Å². The zero-order chi connectivity index (χ0) is 8.55. The fourth-order valence-electron chi connectivity index (χ4n) is 2.58. The number of primary amides is 1. The molecule has 3 heteroatoms. The van der Waals surface area contributed by atoms with E-state index in [0.29, 0.717) is 12.0 Å². The van der Waals surface area contributed by atoms with Crippen LogP contribution in [0.1, 0.15) is 25.7 Å². The van der Waals surface area contributed by atoms with Crippen LogP contribution >= 0.6 is 0 Å². The second kappa shape index (κ2) is 3.05. The van der Waals surface area contributed by atoms with Crippen molar-refractivity contribution in [2.75, 3.05) is 6.61 Å². The van der Waals surface area contributed by atoms with Gasteiger partial charge < -0.3 is 10.5 Å². The molecule has 3 unspecified atom stereocenters. The van der Waals surface area contributed by atoms with Crippen molar-refractivity contribution in [3.8, 4) is 0 Å². The summed E-state index contributed by atoms with van der Waals surface area (Å²) >= 11 is 0. The molecule has 2 aliphatic carbocycles. The quantitative estimate of drug-likeness (QED) is 0.675. The lowest BCUT2D eigenvalue weighted by molar-refractivity contribution is -0.125. The number of hydrogen-bond donors (Lipinski definition) is 1. The Balaban J connectivity index is 1.79. The van der Waals surface area contributed by atoms with Crippen LogP contribution in [-0.4, -0.2) is 18.6 Å². The average molecular weight is 169 g/mol. The minimum Gasteiger partial charge on any atom is -0.368 e. The molecule has 0 aromatic rings. The maximum absolute atomic E-state index is 10.5. The number of carbonyl (C=O) groups excluding carboxylic acids is 1. The molecular formula is C9H15NO2. The van der Waals surface area contributed by atoms with Crippen molar-refractivity contribution < 1.29 is 9.53 Å². The molecule has 3 nitrogen and oxygen atoms in total. The normalized spacial score (nSPS) is 38.8. The van der Waals surface area contributed by atoms with Crippen LogP contribution in [0.25, 0.3) is 0 Å². The van der Waals surface area contributed by atoms with Crippen LogP contribution in [-0.2, 0) is 9.53 Å². The second-order valence-corrected chi connectivity index (χ2v) is 3.99. The van der Waals surface area contributed by atoms with Crippen molar-refractivity contribution in [2.24, 2.45) is 17.6 Å². The highest BCUT2D eigenvalue weighted by molar-refractivity contribution is 5.75. The van der Waals surface area contributed by atoms with E-state index in [1.165, 1.54) is 19.3 Å². The summed E-state index contributed by atoms with van der Waals surface area (Å²) in [5.41, 5.74) is 5.00. The largest absolute Gasteiger partial charge is 0.368 e. The molecule has 0 radical (unpaired) electrons. The molecule has 0 spiro atoms. The van der Waals surface area contributed by atoms with Gasteiger partial charge in [0.15, 0.2) is 0 Å². The smallest absolute Gasteiger partial charge is 0.243 e. The maximum Gasteiger partial charge on any atom is 0.243 e. The predicted molar refractivity (Wildman–Crippen MR) is 44.4 cm³/mol. The van der Waals surface area contributed by atoms with Gasteiger partial charge in [-0.1, -0.05) is 0 Å².